The molecule has 0 spiro atoms. The maximum atomic E-state index is 11.7. The Morgan fingerprint density at radius 1 is 1.40 bits per heavy atom. The molecule has 1 aromatic rings. The van der Waals surface area contributed by atoms with Gasteiger partial charge in [-0.15, -0.1) is 0 Å². The second-order valence-corrected chi connectivity index (χ2v) is 5.49. The lowest BCUT2D eigenvalue weighted by Crippen LogP contribution is -2.45. The van der Waals surface area contributed by atoms with Crippen LogP contribution in [0.5, 0.6) is 5.75 Å². The maximum absolute atomic E-state index is 11.7. The van der Waals surface area contributed by atoms with Crippen molar-refractivity contribution < 1.29 is 19.4 Å². The van der Waals surface area contributed by atoms with Crippen molar-refractivity contribution in [1.29, 1.82) is 0 Å². The quantitative estimate of drug-likeness (QED) is 0.811. The number of carbonyl (C=O) groups excluding carboxylic acids is 1. The van der Waals surface area contributed by atoms with Crippen LogP contribution in [-0.4, -0.2) is 29.1 Å². The summed E-state index contributed by atoms with van der Waals surface area (Å²) >= 11 is 5.81. The van der Waals surface area contributed by atoms with E-state index in [1.165, 1.54) is 0 Å². The Balaban J connectivity index is 2.35. The standard InChI is InChI=1S/C14H18ClNO4/c1-14(2,9-13(18)19)16-12(17)6-7-20-11-5-3-4-10(15)8-11/h3-5,8H,6-7,9H2,1-2H3,(H,16,17)(H,18,19). The summed E-state index contributed by atoms with van der Waals surface area (Å²) in [5.74, 6) is -0.612. The van der Waals surface area contributed by atoms with Crippen LogP contribution in [0.1, 0.15) is 26.7 Å². The lowest BCUT2D eigenvalue weighted by Gasteiger charge is -2.24. The van der Waals surface area contributed by atoms with E-state index in [0.29, 0.717) is 10.8 Å². The number of benzene rings is 1. The molecule has 0 aliphatic rings. The van der Waals surface area contributed by atoms with E-state index in [1.807, 2.05) is 0 Å². The summed E-state index contributed by atoms with van der Waals surface area (Å²) in [6.07, 6.45) is 0.0173. The van der Waals surface area contributed by atoms with Crippen molar-refractivity contribution in [2.24, 2.45) is 0 Å². The molecule has 0 fully saturated rings. The van der Waals surface area contributed by atoms with Gasteiger partial charge in [0.2, 0.25) is 5.91 Å². The molecule has 0 aliphatic carbocycles. The SMILES string of the molecule is CC(C)(CC(=O)O)NC(=O)CCOc1cccc(Cl)c1. The fourth-order valence-corrected chi connectivity index (χ4v) is 1.86. The van der Waals surface area contributed by atoms with Gasteiger partial charge in [-0.25, -0.2) is 0 Å². The summed E-state index contributed by atoms with van der Waals surface area (Å²) in [4.78, 5) is 22.3. The van der Waals surface area contributed by atoms with Crippen LogP contribution in [0.3, 0.4) is 0 Å². The van der Waals surface area contributed by atoms with Crippen molar-refractivity contribution in [3.63, 3.8) is 0 Å². The average molecular weight is 300 g/mol. The zero-order valence-corrected chi connectivity index (χ0v) is 12.2. The van der Waals surface area contributed by atoms with E-state index in [-0.39, 0.29) is 25.4 Å². The smallest absolute Gasteiger partial charge is 0.305 e. The molecular formula is C14H18ClNO4. The zero-order chi connectivity index (χ0) is 15.2. The molecule has 5 nitrogen and oxygen atoms in total. The summed E-state index contributed by atoms with van der Waals surface area (Å²) in [7, 11) is 0. The third-order valence-corrected chi connectivity index (χ3v) is 2.70. The second kappa shape index (κ2) is 7.14. The van der Waals surface area contributed by atoms with E-state index in [2.05, 4.69) is 5.32 Å². The summed E-state index contributed by atoms with van der Waals surface area (Å²) in [6.45, 7) is 3.53. The Hall–Kier alpha value is -1.75. The fraction of sp³-hybridized carbons (Fsp3) is 0.429. The highest BCUT2D eigenvalue weighted by molar-refractivity contribution is 6.30. The second-order valence-electron chi connectivity index (χ2n) is 5.06. The van der Waals surface area contributed by atoms with Crippen LogP contribution in [-0.2, 0) is 9.59 Å². The number of hydrogen-bond acceptors (Lipinski definition) is 3. The molecule has 0 saturated carbocycles. The monoisotopic (exact) mass is 299 g/mol. The number of hydrogen-bond donors (Lipinski definition) is 2. The minimum absolute atomic E-state index is 0.131. The molecular weight excluding hydrogens is 282 g/mol. The molecule has 0 radical (unpaired) electrons. The van der Waals surface area contributed by atoms with Gasteiger partial charge < -0.3 is 15.2 Å². The molecule has 2 N–H and O–H groups in total. The van der Waals surface area contributed by atoms with E-state index >= 15 is 0 Å². The number of rotatable bonds is 7. The van der Waals surface area contributed by atoms with Crippen molar-refractivity contribution >= 4 is 23.5 Å². The molecule has 1 rings (SSSR count). The molecule has 110 valence electrons. The lowest BCUT2D eigenvalue weighted by molar-refractivity contribution is -0.138. The normalized spacial score (nSPS) is 10.9. The van der Waals surface area contributed by atoms with Gasteiger partial charge >= 0.3 is 5.97 Å². The molecule has 0 heterocycles. The van der Waals surface area contributed by atoms with Crippen molar-refractivity contribution in [2.45, 2.75) is 32.2 Å². The van der Waals surface area contributed by atoms with Crippen LogP contribution in [0.15, 0.2) is 24.3 Å². The van der Waals surface area contributed by atoms with E-state index in [1.54, 1.807) is 38.1 Å². The highest BCUT2D eigenvalue weighted by Gasteiger charge is 2.23. The van der Waals surface area contributed by atoms with Crippen LogP contribution in [0.25, 0.3) is 0 Å². The Kier molecular flexibility index (Phi) is 5.82. The number of carbonyl (C=O) groups is 2. The first kappa shape index (κ1) is 16.3. The van der Waals surface area contributed by atoms with Crippen LogP contribution in [0.4, 0.5) is 0 Å². The fourth-order valence-electron chi connectivity index (χ4n) is 1.68. The molecule has 0 unspecified atom stereocenters. The van der Waals surface area contributed by atoms with Gasteiger partial charge in [0.25, 0.3) is 0 Å². The number of amides is 1. The molecule has 20 heavy (non-hydrogen) atoms. The molecule has 0 aliphatic heterocycles. The maximum Gasteiger partial charge on any atom is 0.305 e. The van der Waals surface area contributed by atoms with Gasteiger partial charge in [0.1, 0.15) is 5.75 Å². The van der Waals surface area contributed by atoms with Gasteiger partial charge in [0.15, 0.2) is 0 Å². The van der Waals surface area contributed by atoms with Crippen LogP contribution >= 0.6 is 11.6 Å². The Morgan fingerprint density at radius 2 is 2.10 bits per heavy atom. The Morgan fingerprint density at radius 3 is 2.70 bits per heavy atom. The Labute approximate surface area is 122 Å². The molecule has 0 aromatic heterocycles. The van der Waals surface area contributed by atoms with Gasteiger partial charge in [-0.05, 0) is 32.0 Å². The van der Waals surface area contributed by atoms with Crippen molar-refractivity contribution in [3.8, 4) is 5.75 Å². The molecule has 0 saturated heterocycles. The molecule has 1 aromatic carbocycles. The first-order chi connectivity index (χ1) is 9.28. The molecule has 6 heteroatoms. The zero-order valence-electron chi connectivity index (χ0n) is 11.5. The number of nitrogens with one attached hydrogen (secondary N) is 1. The summed E-state index contributed by atoms with van der Waals surface area (Å²) in [6, 6.07) is 6.90. The number of carboxylic acid groups (broad SMARTS) is 1. The first-order valence-corrected chi connectivity index (χ1v) is 6.57. The van der Waals surface area contributed by atoms with E-state index < -0.39 is 11.5 Å². The highest BCUT2D eigenvalue weighted by Crippen LogP contribution is 2.17. The van der Waals surface area contributed by atoms with Crippen molar-refractivity contribution in [1.82, 2.24) is 5.32 Å². The highest BCUT2D eigenvalue weighted by atomic mass is 35.5. The molecule has 0 bridgehead atoms. The van der Waals surface area contributed by atoms with Crippen LogP contribution in [0.2, 0.25) is 5.02 Å². The van der Waals surface area contributed by atoms with Gasteiger partial charge in [0.05, 0.1) is 19.4 Å². The van der Waals surface area contributed by atoms with Crippen molar-refractivity contribution in [3.05, 3.63) is 29.3 Å². The van der Waals surface area contributed by atoms with Gasteiger partial charge in [-0.1, -0.05) is 17.7 Å². The third kappa shape index (κ3) is 6.43. The summed E-state index contributed by atoms with van der Waals surface area (Å²) in [5, 5.41) is 11.9. The van der Waals surface area contributed by atoms with Gasteiger partial charge in [0, 0.05) is 10.6 Å². The number of aliphatic carboxylic acids is 1. The van der Waals surface area contributed by atoms with Crippen molar-refractivity contribution in [2.75, 3.05) is 6.61 Å². The molecule has 0 atom stereocenters. The minimum atomic E-state index is -0.953. The number of carboxylic acids is 1. The number of ether oxygens (including phenoxy) is 1. The predicted octanol–water partition coefficient (Wildman–Crippen LogP) is 2.48. The summed E-state index contributed by atoms with van der Waals surface area (Å²) in [5.41, 5.74) is -0.779. The summed E-state index contributed by atoms with van der Waals surface area (Å²) < 4.78 is 5.39. The average Bonchev–Trinajstić information content (AvgIpc) is 2.26. The van der Waals surface area contributed by atoms with Crippen LogP contribution in [0, 0.1) is 0 Å². The first-order valence-electron chi connectivity index (χ1n) is 6.20. The van der Waals surface area contributed by atoms with E-state index in [0.717, 1.165) is 0 Å². The topological polar surface area (TPSA) is 75.6 Å². The molecule has 1 amide bonds. The largest absolute Gasteiger partial charge is 0.493 e. The number of halogens is 1. The van der Waals surface area contributed by atoms with E-state index in [9.17, 15) is 9.59 Å². The van der Waals surface area contributed by atoms with E-state index in [4.69, 9.17) is 21.4 Å². The third-order valence-electron chi connectivity index (χ3n) is 2.46. The minimum Gasteiger partial charge on any atom is -0.493 e. The lowest BCUT2D eigenvalue weighted by atomic mass is 10.0. The predicted molar refractivity (Wildman–Crippen MR) is 76.0 cm³/mol. The Bertz CT molecular complexity index is 488. The van der Waals surface area contributed by atoms with Gasteiger partial charge in [-0.2, -0.15) is 0 Å². The van der Waals surface area contributed by atoms with Gasteiger partial charge in [-0.3, -0.25) is 9.59 Å². The van der Waals surface area contributed by atoms with Crippen LogP contribution < -0.4 is 10.1 Å².